The molecule has 1 fully saturated rings. The maximum absolute atomic E-state index is 5.05. The Morgan fingerprint density at radius 2 is 1.77 bits per heavy atom. The van der Waals surface area contributed by atoms with Gasteiger partial charge in [0, 0.05) is 63.9 Å². The van der Waals surface area contributed by atoms with Gasteiger partial charge in [0.1, 0.15) is 18.0 Å². The Bertz CT molecular complexity index is 670. The number of hydrogen-bond acceptors (Lipinski definition) is 7. The highest BCUT2D eigenvalue weighted by atomic mass is 16.5. The quantitative estimate of drug-likeness (QED) is 0.704. The molecular weight excluding hydrogens is 328 g/mol. The van der Waals surface area contributed by atoms with E-state index in [2.05, 4.69) is 61.7 Å². The average molecular weight is 356 g/mol. The van der Waals surface area contributed by atoms with E-state index in [1.165, 1.54) is 5.69 Å². The minimum Gasteiger partial charge on any atom is -0.385 e. The number of methoxy groups -OCH3 is 1. The highest BCUT2D eigenvalue weighted by molar-refractivity contribution is 5.62. The van der Waals surface area contributed by atoms with Gasteiger partial charge in [0.2, 0.25) is 0 Å². The first-order valence-corrected chi connectivity index (χ1v) is 9.10. The van der Waals surface area contributed by atoms with Crippen molar-refractivity contribution in [3.8, 4) is 0 Å². The van der Waals surface area contributed by atoms with Gasteiger partial charge in [0.15, 0.2) is 0 Å². The predicted octanol–water partition coefficient (Wildman–Crippen LogP) is 2.42. The maximum Gasteiger partial charge on any atom is 0.135 e. The minimum atomic E-state index is 0.739. The van der Waals surface area contributed by atoms with Crippen molar-refractivity contribution in [2.75, 3.05) is 69.0 Å². The van der Waals surface area contributed by atoms with Crippen LogP contribution in [0.4, 0.5) is 23.0 Å². The van der Waals surface area contributed by atoms with Gasteiger partial charge in [-0.05, 0) is 37.7 Å². The Labute approximate surface area is 155 Å². The van der Waals surface area contributed by atoms with Crippen LogP contribution in [0.15, 0.2) is 36.7 Å². The highest BCUT2D eigenvalue weighted by Crippen LogP contribution is 2.22. The van der Waals surface area contributed by atoms with E-state index in [1.54, 1.807) is 13.4 Å². The smallest absolute Gasteiger partial charge is 0.135 e. The van der Waals surface area contributed by atoms with Crippen LogP contribution in [0.25, 0.3) is 0 Å². The second-order valence-electron chi connectivity index (χ2n) is 6.52. The molecule has 0 radical (unpaired) electrons. The summed E-state index contributed by atoms with van der Waals surface area (Å²) in [5.41, 5.74) is 2.29. The maximum atomic E-state index is 5.05. The van der Waals surface area contributed by atoms with Gasteiger partial charge in [-0.25, -0.2) is 9.97 Å². The van der Waals surface area contributed by atoms with Crippen molar-refractivity contribution >= 4 is 23.0 Å². The standard InChI is InChI=1S/C19H28N6O/c1-24-9-11-25(12-10-24)17-6-4-16(5-7-17)23-19-14-18(21-15-22-19)20-8-3-13-26-2/h4-7,14-15H,3,8-13H2,1-2H3,(H2,20,21,22,23). The van der Waals surface area contributed by atoms with Gasteiger partial charge in [-0.1, -0.05) is 0 Å². The number of nitrogens with one attached hydrogen (secondary N) is 2. The first-order valence-electron chi connectivity index (χ1n) is 9.10. The molecule has 7 heteroatoms. The Hall–Kier alpha value is -2.38. The van der Waals surface area contributed by atoms with E-state index < -0.39 is 0 Å². The number of aromatic nitrogens is 2. The molecule has 0 aliphatic carbocycles. The van der Waals surface area contributed by atoms with E-state index in [9.17, 15) is 0 Å². The molecule has 0 spiro atoms. The fraction of sp³-hybridized carbons (Fsp3) is 0.474. The summed E-state index contributed by atoms with van der Waals surface area (Å²) in [6.45, 7) is 5.94. The first kappa shape index (κ1) is 18.4. The van der Waals surface area contributed by atoms with E-state index in [0.717, 1.165) is 63.1 Å². The Balaban J connectivity index is 1.55. The zero-order chi connectivity index (χ0) is 18.2. The summed E-state index contributed by atoms with van der Waals surface area (Å²) in [6, 6.07) is 10.4. The fourth-order valence-corrected chi connectivity index (χ4v) is 2.92. The van der Waals surface area contributed by atoms with Gasteiger partial charge in [-0.3, -0.25) is 0 Å². The zero-order valence-electron chi connectivity index (χ0n) is 15.6. The number of nitrogens with zero attached hydrogens (tertiary/aromatic N) is 4. The van der Waals surface area contributed by atoms with E-state index >= 15 is 0 Å². The lowest BCUT2D eigenvalue weighted by Crippen LogP contribution is -2.44. The van der Waals surface area contributed by atoms with Crippen LogP contribution in [0, 0.1) is 0 Å². The molecule has 2 N–H and O–H groups in total. The van der Waals surface area contributed by atoms with Gasteiger partial charge >= 0.3 is 0 Å². The first-order chi connectivity index (χ1) is 12.7. The van der Waals surface area contributed by atoms with Crippen molar-refractivity contribution in [2.24, 2.45) is 0 Å². The van der Waals surface area contributed by atoms with Crippen molar-refractivity contribution in [3.05, 3.63) is 36.7 Å². The van der Waals surface area contributed by atoms with Crippen LogP contribution in [-0.2, 0) is 4.74 Å². The Kier molecular flexibility index (Phi) is 6.62. The number of anilines is 4. The van der Waals surface area contributed by atoms with Crippen molar-refractivity contribution in [2.45, 2.75) is 6.42 Å². The normalized spacial score (nSPS) is 15.1. The second kappa shape index (κ2) is 9.35. The van der Waals surface area contributed by atoms with Crippen molar-refractivity contribution in [1.82, 2.24) is 14.9 Å². The topological polar surface area (TPSA) is 65.6 Å². The molecule has 1 aliphatic heterocycles. The van der Waals surface area contributed by atoms with Gasteiger partial charge in [0.25, 0.3) is 0 Å². The molecule has 140 valence electrons. The summed E-state index contributed by atoms with van der Waals surface area (Å²) >= 11 is 0. The number of ether oxygens (including phenoxy) is 1. The molecule has 0 atom stereocenters. The molecule has 0 saturated carbocycles. The second-order valence-corrected chi connectivity index (χ2v) is 6.52. The summed E-state index contributed by atoms with van der Waals surface area (Å²) in [5, 5.41) is 6.62. The van der Waals surface area contributed by atoms with E-state index in [1.807, 2.05) is 6.07 Å². The molecule has 26 heavy (non-hydrogen) atoms. The number of benzene rings is 1. The Morgan fingerprint density at radius 3 is 2.50 bits per heavy atom. The monoisotopic (exact) mass is 356 g/mol. The van der Waals surface area contributed by atoms with Gasteiger partial charge in [0.05, 0.1) is 0 Å². The lowest BCUT2D eigenvalue weighted by atomic mass is 10.2. The molecular formula is C19H28N6O. The Morgan fingerprint density at radius 1 is 1.04 bits per heavy atom. The summed E-state index contributed by atoms with van der Waals surface area (Å²) < 4.78 is 5.05. The summed E-state index contributed by atoms with van der Waals surface area (Å²) in [6.07, 6.45) is 2.51. The molecule has 1 aromatic heterocycles. The predicted molar refractivity (Wildman–Crippen MR) is 106 cm³/mol. The molecule has 2 heterocycles. The van der Waals surface area contributed by atoms with E-state index in [4.69, 9.17) is 4.74 Å². The molecule has 7 nitrogen and oxygen atoms in total. The third-order valence-corrected chi connectivity index (χ3v) is 4.51. The lowest BCUT2D eigenvalue weighted by Gasteiger charge is -2.34. The van der Waals surface area contributed by atoms with Crippen LogP contribution in [0.1, 0.15) is 6.42 Å². The molecule has 1 aromatic carbocycles. The molecule has 2 aromatic rings. The van der Waals surface area contributed by atoms with Gasteiger partial charge < -0.3 is 25.2 Å². The molecule has 0 amide bonds. The van der Waals surface area contributed by atoms with Crippen LogP contribution in [0.3, 0.4) is 0 Å². The largest absolute Gasteiger partial charge is 0.385 e. The number of piperazine rings is 1. The highest BCUT2D eigenvalue weighted by Gasteiger charge is 2.13. The van der Waals surface area contributed by atoms with Crippen LogP contribution in [-0.4, -0.2) is 68.4 Å². The van der Waals surface area contributed by atoms with Crippen molar-refractivity contribution < 1.29 is 4.74 Å². The molecule has 0 unspecified atom stereocenters. The molecule has 3 rings (SSSR count). The van der Waals surface area contributed by atoms with E-state index in [0.29, 0.717) is 0 Å². The van der Waals surface area contributed by atoms with Crippen molar-refractivity contribution in [1.29, 1.82) is 0 Å². The number of rotatable bonds is 8. The van der Waals surface area contributed by atoms with Crippen LogP contribution >= 0.6 is 0 Å². The zero-order valence-corrected chi connectivity index (χ0v) is 15.6. The lowest BCUT2D eigenvalue weighted by molar-refractivity contribution is 0.198. The van der Waals surface area contributed by atoms with Gasteiger partial charge in [-0.2, -0.15) is 0 Å². The molecule has 1 aliphatic rings. The summed E-state index contributed by atoms with van der Waals surface area (Å²) in [5.74, 6) is 1.59. The SMILES string of the molecule is COCCCNc1cc(Nc2ccc(N3CCN(C)CC3)cc2)ncn1. The summed E-state index contributed by atoms with van der Waals surface area (Å²) in [4.78, 5) is 13.3. The van der Waals surface area contributed by atoms with E-state index in [-0.39, 0.29) is 0 Å². The van der Waals surface area contributed by atoms with Crippen LogP contribution in [0.2, 0.25) is 0 Å². The minimum absolute atomic E-state index is 0.739. The molecule has 1 saturated heterocycles. The number of likely N-dealkylation sites (N-methyl/N-ethyl adjacent to an activating group) is 1. The fourth-order valence-electron chi connectivity index (χ4n) is 2.92. The third kappa shape index (κ3) is 5.31. The van der Waals surface area contributed by atoms with Crippen molar-refractivity contribution in [3.63, 3.8) is 0 Å². The third-order valence-electron chi connectivity index (χ3n) is 4.51. The number of hydrogen-bond donors (Lipinski definition) is 2. The van der Waals surface area contributed by atoms with Crippen LogP contribution in [0.5, 0.6) is 0 Å². The summed E-state index contributed by atoms with van der Waals surface area (Å²) in [7, 11) is 3.88. The van der Waals surface area contributed by atoms with Crippen LogP contribution < -0.4 is 15.5 Å². The molecule has 0 bridgehead atoms. The van der Waals surface area contributed by atoms with Gasteiger partial charge in [-0.15, -0.1) is 0 Å². The average Bonchev–Trinajstić information content (AvgIpc) is 2.67.